The lowest BCUT2D eigenvalue weighted by Gasteiger charge is -2.18. The predicted octanol–water partition coefficient (Wildman–Crippen LogP) is 3.65. The highest BCUT2D eigenvalue weighted by molar-refractivity contribution is 7.99. The first kappa shape index (κ1) is 24.0. The van der Waals surface area contributed by atoms with Gasteiger partial charge in [0.15, 0.2) is 5.16 Å². The fourth-order valence-corrected chi connectivity index (χ4v) is 5.43. The minimum absolute atomic E-state index is 0.142. The Morgan fingerprint density at radius 1 is 1.00 bits per heavy atom. The molecule has 8 nitrogen and oxygen atoms in total. The van der Waals surface area contributed by atoms with Crippen LogP contribution in [-0.2, 0) is 14.8 Å². The average molecular weight is 474 g/mol. The summed E-state index contributed by atoms with van der Waals surface area (Å²) in [5, 5.41) is 11.7. The van der Waals surface area contributed by atoms with Crippen LogP contribution < -0.4 is 5.32 Å². The fraction of sp³-hybridized carbons (Fsp3) is 0.318. The van der Waals surface area contributed by atoms with E-state index in [1.807, 2.05) is 42.7 Å². The molecular formula is C22H27N5O3S2. The Labute approximate surface area is 193 Å². The Kier molecular flexibility index (Phi) is 7.70. The number of thioether (sulfide) groups is 1. The van der Waals surface area contributed by atoms with Gasteiger partial charge >= 0.3 is 0 Å². The number of aromatic nitrogens is 3. The first-order valence-corrected chi connectivity index (χ1v) is 12.7. The highest BCUT2D eigenvalue weighted by atomic mass is 32.2. The molecule has 0 radical (unpaired) electrons. The number of amides is 1. The normalized spacial score (nSPS) is 11.7. The largest absolute Gasteiger partial charge is 0.325 e. The van der Waals surface area contributed by atoms with E-state index in [0.717, 1.165) is 17.1 Å². The first-order chi connectivity index (χ1) is 15.3. The lowest BCUT2D eigenvalue weighted by molar-refractivity contribution is -0.113. The number of benzene rings is 2. The molecule has 0 aliphatic heterocycles. The number of sulfonamides is 1. The third kappa shape index (κ3) is 5.37. The van der Waals surface area contributed by atoms with Gasteiger partial charge in [0.2, 0.25) is 15.9 Å². The van der Waals surface area contributed by atoms with Crippen molar-refractivity contribution in [1.29, 1.82) is 0 Å². The molecule has 0 unspecified atom stereocenters. The van der Waals surface area contributed by atoms with Gasteiger partial charge in [-0.3, -0.25) is 9.36 Å². The lowest BCUT2D eigenvalue weighted by Crippen LogP contribution is -2.30. The van der Waals surface area contributed by atoms with Gasteiger partial charge in [-0.2, -0.15) is 4.31 Å². The van der Waals surface area contributed by atoms with E-state index in [-0.39, 0.29) is 16.6 Å². The van der Waals surface area contributed by atoms with Crippen LogP contribution in [0.15, 0.2) is 58.6 Å². The summed E-state index contributed by atoms with van der Waals surface area (Å²) in [5.74, 6) is 0.663. The zero-order valence-corrected chi connectivity index (χ0v) is 20.2. The van der Waals surface area contributed by atoms with Crippen molar-refractivity contribution in [2.45, 2.75) is 37.7 Å². The SMILES string of the molecule is CCN(CC)S(=O)(=O)c1ccc(NC(=O)CSc2nnc(C)n2-c2ccc(C)cc2)cc1. The number of rotatable bonds is 9. The van der Waals surface area contributed by atoms with Crippen molar-refractivity contribution in [2.75, 3.05) is 24.2 Å². The van der Waals surface area contributed by atoms with Gasteiger partial charge in [0, 0.05) is 24.5 Å². The molecule has 3 aromatic rings. The van der Waals surface area contributed by atoms with Crippen molar-refractivity contribution in [3.8, 4) is 5.69 Å². The van der Waals surface area contributed by atoms with Gasteiger partial charge in [0.25, 0.3) is 0 Å². The molecule has 170 valence electrons. The average Bonchev–Trinajstić information content (AvgIpc) is 3.14. The molecule has 3 rings (SSSR count). The molecule has 0 spiro atoms. The summed E-state index contributed by atoms with van der Waals surface area (Å²) in [6, 6.07) is 14.2. The number of hydrogen-bond acceptors (Lipinski definition) is 6. The topological polar surface area (TPSA) is 97.2 Å². The number of carbonyl (C=O) groups is 1. The molecule has 0 fully saturated rings. The molecule has 1 heterocycles. The van der Waals surface area contributed by atoms with Gasteiger partial charge in [0.05, 0.1) is 10.6 Å². The molecule has 0 aliphatic carbocycles. The van der Waals surface area contributed by atoms with Crippen LogP contribution in [0.3, 0.4) is 0 Å². The molecular weight excluding hydrogens is 446 g/mol. The van der Waals surface area contributed by atoms with E-state index in [9.17, 15) is 13.2 Å². The summed E-state index contributed by atoms with van der Waals surface area (Å²) in [5.41, 5.74) is 2.63. The van der Waals surface area contributed by atoms with E-state index in [1.165, 1.54) is 28.2 Å². The van der Waals surface area contributed by atoms with Gasteiger partial charge in [0.1, 0.15) is 5.82 Å². The van der Waals surface area contributed by atoms with Crippen LogP contribution in [-0.4, -0.2) is 52.2 Å². The standard InChI is InChI=1S/C22H27N5O3S2/c1-5-26(6-2)32(29,30)20-13-9-18(10-14-20)23-21(28)15-31-22-25-24-17(4)27(22)19-11-7-16(3)8-12-19/h7-14H,5-6,15H2,1-4H3,(H,23,28). The molecule has 0 atom stereocenters. The highest BCUT2D eigenvalue weighted by Gasteiger charge is 2.21. The van der Waals surface area contributed by atoms with Crippen molar-refractivity contribution in [2.24, 2.45) is 0 Å². The monoisotopic (exact) mass is 473 g/mol. The van der Waals surface area contributed by atoms with Gasteiger partial charge < -0.3 is 5.32 Å². The zero-order valence-electron chi connectivity index (χ0n) is 18.6. The molecule has 0 saturated heterocycles. The van der Waals surface area contributed by atoms with E-state index in [0.29, 0.717) is 23.9 Å². The predicted molar refractivity (Wildman–Crippen MR) is 127 cm³/mol. The molecule has 2 aromatic carbocycles. The van der Waals surface area contributed by atoms with E-state index in [4.69, 9.17) is 0 Å². The van der Waals surface area contributed by atoms with Crippen LogP contribution in [0.4, 0.5) is 5.69 Å². The van der Waals surface area contributed by atoms with Crippen molar-refractivity contribution in [3.05, 3.63) is 59.9 Å². The van der Waals surface area contributed by atoms with Crippen molar-refractivity contribution in [1.82, 2.24) is 19.1 Å². The van der Waals surface area contributed by atoms with Crippen LogP contribution in [0.1, 0.15) is 25.2 Å². The fourth-order valence-electron chi connectivity index (χ4n) is 3.18. The number of aryl methyl sites for hydroxylation is 2. The second kappa shape index (κ2) is 10.3. The Bertz CT molecular complexity index is 1170. The summed E-state index contributed by atoms with van der Waals surface area (Å²) < 4.78 is 28.5. The Balaban J connectivity index is 1.65. The Hall–Kier alpha value is -2.69. The summed E-state index contributed by atoms with van der Waals surface area (Å²) in [4.78, 5) is 12.7. The first-order valence-electron chi connectivity index (χ1n) is 10.3. The van der Waals surface area contributed by atoms with E-state index >= 15 is 0 Å². The van der Waals surface area contributed by atoms with Gasteiger partial charge in [-0.05, 0) is 50.2 Å². The summed E-state index contributed by atoms with van der Waals surface area (Å²) in [7, 11) is -3.53. The van der Waals surface area contributed by atoms with Crippen LogP contribution in [0.25, 0.3) is 5.69 Å². The van der Waals surface area contributed by atoms with Crippen molar-refractivity contribution < 1.29 is 13.2 Å². The van der Waals surface area contributed by atoms with Crippen LogP contribution in [0.2, 0.25) is 0 Å². The molecule has 1 amide bonds. The molecule has 0 bridgehead atoms. The minimum atomic E-state index is -3.53. The minimum Gasteiger partial charge on any atom is -0.325 e. The maximum Gasteiger partial charge on any atom is 0.243 e. The maximum absolute atomic E-state index is 12.6. The summed E-state index contributed by atoms with van der Waals surface area (Å²) >= 11 is 1.29. The third-order valence-electron chi connectivity index (χ3n) is 4.90. The molecule has 10 heteroatoms. The number of carbonyl (C=O) groups excluding carboxylic acids is 1. The van der Waals surface area contributed by atoms with E-state index < -0.39 is 10.0 Å². The van der Waals surface area contributed by atoms with E-state index in [1.54, 1.807) is 26.0 Å². The van der Waals surface area contributed by atoms with Crippen LogP contribution in [0.5, 0.6) is 0 Å². The zero-order chi connectivity index (χ0) is 23.3. The molecule has 1 aromatic heterocycles. The highest BCUT2D eigenvalue weighted by Crippen LogP contribution is 2.23. The van der Waals surface area contributed by atoms with Crippen molar-refractivity contribution in [3.63, 3.8) is 0 Å². The van der Waals surface area contributed by atoms with Crippen LogP contribution in [0, 0.1) is 13.8 Å². The number of nitrogens with one attached hydrogen (secondary N) is 1. The number of hydrogen-bond donors (Lipinski definition) is 1. The number of nitrogens with zero attached hydrogens (tertiary/aromatic N) is 4. The third-order valence-corrected chi connectivity index (χ3v) is 7.89. The van der Waals surface area contributed by atoms with Crippen molar-refractivity contribution >= 4 is 33.4 Å². The molecule has 1 N–H and O–H groups in total. The maximum atomic E-state index is 12.6. The second-order valence-corrected chi connectivity index (χ2v) is 10.0. The smallest absolute Gasteiger partial charge is 0.243 e. The Morgan fingerprint density at radius 3 is 2.22 bits per heavy atom. The van der Waals surface area contributed by atoms with Gasteiger partial charge in [-0.25, -0.2) is 8.42 Å². The number of anilines is 1. The molecule has 32 heavy (non-hydrogen) atoms. The van der Waals surface area contributed by atoms with Crippen LogP contribution >= 0.6 is 11.8 Å². The quantitative estimate of drug-likeness (QED) is 0.477. The Morgan fingerprint density at radius 2 is 1.62 bits per heavy atom. The van der Waals surface area contributed by atoms with Gasteiger partial charge in [-0.1, -0.05) is 43.3 Å². The second-order valence-electron chi connectivity index (χ2n) is 7.15. The van der Waals surface area contributed by atoms with E-state index in [2.05, 4.69) is 15.5 Å². The molecule has 0 aliphatic rings. The lowest BCUT2D eigenvalue weighted by atomic mass is 10.2. The summed E-state index contributed by atoms with van der Waals surface area (Å²) in [6.45, 7) is 8.30. The summed E-state index contributed by atoms with van der Waals surface area (Å²) in [6.07, 6.45) is 0. The van der Waals surface area contributed by atoms with Gasteiger partial charge in [-0.15, -0.1) is 10.2 Å². The molecule has 0 saturated carbocycles.